The number of hydrogen-bond acceptors (Lipinski definition) is 4. The van der Waals surface area contributed by atoms with Crippen LogP contribution in [0.4, 0.5) is 0 Å². The SMILES string of the molecule is CN1C(=O)CC[C@@](CCN2CCCCC2)(c2cccs2)C1=O. The molecule has 0 aromatic carbocycles. The van der Waals surface area contributed by atoms with Gasteiger partial charge in [-0.25, -0.2) is 0 Å². The molecule has 0 bridgehead atoms. The van der Waals surface area contributed by atoms with Crippen molar-refractivity contribution < 1.29 is 9.59 Å². The average molecular weight is 320 g/mol. The Morgan fingerprint density at radius 1 is 1.23 bits per heavy atom. The van der Waals surface area contributed by atoms with Crippen molar-refractivity contribution in [3.63, 3.8) is 0 Å². The minimum Gasteiger partial charge on any atom is -0.303 e. The fraction of sp³-hybridized carbons (Fsp3) is 0.647. The molecule has 2 aliphatic rings. The minimum absolute atomic E-state index is 0.0109. The molecule has 5 heteroatoms. The summed E-state index contributed by atoms with van der Waals surface area (Å²) in [4.78, 5) is 29.7. The molecule has 0 spiro atoms. The molecule has 0 N–H and O–H groups in total. The van der Waals surface area contributed by atoms with E-state index < -0.39 is 5.41 Å². The summed E-state index contributed by atoms with van der Waals surface area (Å²) in [6.45, 7) is 3.23. The van der Waals surface area contributed by atoms with Gasteiger partial charge in [0.25, 0.3) is 0 Å². The first-order valence-electron chi connectivity index (χ1n) is 8.21. The maximum atomic E-state index is 12.9. The zero-order chi connectivity index (χ0) is 15.6. The van der Waals surface area contributed by atoms with Gasteiger partial charge in [-0.1, -0.05) is 12.5 Å². The van der Waals surface area contributed by atoms with Gasteiger partial charge in [0.1, 0.15) is 0 Å². The normalized spacial score (nSPS) is 27.4. The van der Waals surface area contributed by atoms with Gasteiger partial charge in [0, 0.05) is 18.3 Å². The molecule has 1 atom stereocenters. The second-order valence-electron chi connectivity index (χ2n) is 6.47. The zero-order valence-electron chi connectivity index (χ0n) is 13.2. The monoisotopic (exact) mass is 320 g/mol. The maximum absolute atomic E-state index is 12.9. The average Bonchev–Trinajstić information content (AvgIpc) is 3.08. The van der Waals surface area contributed by atoms with Gasteiger partial charge in [0.2, 0.25) is 11.8 Å². The van der Waals surface area contributed by atoms with Gasteiger partial charge in [0.05, 0.1) is 5.41 Å². The van der Waals surface area contributed by atoms with Crippen LogP contribution in [0.15, 0.2) is 17.5 Å². The van der Waals surface area contributed by atoms with Gasteiger partial charge in [-0.05, 0) is 56.8 Å². The second kappa shape index (κ2) is 6.50. The van der Waals surface area contributed by atoms with Crippen molar-refractivity contribution in [3.8, 4) is 0 Å². The van der Waals surface area contributed by atoms with Crippen molar-refractivity contribution in [2.24, 2.45) is 0 Å². The van der Waals surface area contributed by atoms with Crippen LogP contribution in [0.25, 0.3) is 0 Å². The van der Waals surface area contributed by atoms with Crippen molar-refractivity contribution >= 4 is 23.2 Å². The van der Waals surface area contributed by atoms with Crippen molar-refractivity contribution in [2.75, 3.05) is 26.7 Å². The number of thiophene rings is 1. The van der Waals surface area contributed by atoms with Crippen LogP contribution in [0.2, 0.25) is 0 Å². The molecule has 0 aliphatic carbocycles. The van der Waals surface area contributed by atoms with E-state index in [1.807, 2.05) is 11.4 Å². The number of hydrogen-bond donors (Lipinski definition) is 0. The van der Waals surface area contributed by atoms with E-state index >= 15 is 0 Å². The predicted molar refractivity (Wildman–Crippen MR) is 87.9 cm³/mol. The highest BCUT2D eigenvalue weighted by Crippen LogP contribution is 2.41. The number of nitrogens with zero attached hydrogens (tertiary/aromatic N) is 2. The van der Waals surface area contributed by atoms with Crippen LogP contribution in [0, 0.1) is 0 Å². The lowest BCUT2D eigenvalue weighted by Crippen LogP contribution is -2.53. The molecule has 2 fully saturated rings. The first kappa shape index (κ1) is 15.7. The molecule has 22 heavy (non-hydrogen) atoms. The molecule has 3 heterocycles. The highest BCUT2D eigenvalue weighted by molar-refractivity contribution is 7.10. The highest BCUT2D eigenvalue weighted by Gasteiger charge is 2.47. The Balaban J connectivity index is 1.81. The van der Waals surface area contributed by atoms with Gasteiger partial charge in [-0.15, -0.1) is 11.3 Å². The third-order valence-electron chi connectivity index (χ3n) is 5.15. The molecule has 2 aliphatic heterocycles. The standard InChI is InChI=1S/C17H24N2O2S/c1-18-15(20)7-8-17(16(18)21,14-6-5-13-22-14)9-12-19-10-3-2-4-11-19/h5-6,13H,2-4,7-12H2,1H3/t17-/m1/s1. The summed E-state index contributed by atoms with van der Waals surface area (Å²) >= 11 is 1.64. The summed E-state index contributed by atoms with van der Waals surface area (Å²) in [6.07, 6.45) is 5.80. The highest BCUT2D eigenvalue weighted by atomic mass is 32.1. The molecule has 120 valence electrons. The van der Waals surface area contributed by atoms with Crippen LogP contribution in [0.3, 0.4) is 0 Å². The number of likely N-dealkylation sites (tertiary alicyclic amines) is 2. The summed E-state index contributed by atoms with van der Waals surface area (Å²) < 4.78 is 0. The van der Waals surface area contributed by atoms with Gasteiger partial charge >= 0.3 is 0 Å². The van der Waals surface area contributed by atoms with Crippen LogP contribution >= 0.6 is 11.3 Å². The lowest BCUT2D eigenvalue weighted by Gasteiger charge is -2.40. The third-order valence-corrected chi connectivity index (χ3v) is 6.22. The molecular formula is C17H24N2O2S. The Bertz CT molecular complexity index is 537. The Morgan fingerprint density at radius 3 is 2.68 bits per heavy atom. The van der Waals surface area contributed by atoms with Crippen LogP contribution in [-0.4, -0.2) is 48.3 Å². The van der Waals surface area contributed by atoms with Crippen molar-refractivity contribution in [1.82, 2.24) is 9.80 Å². The molecule has 3 rings (SSSR count). The minimum atomic E-state index is -0.492. The topological polar surface area (TPSA) is 40.6 Å². The van der Waals surface area contributed by atoms with Crippen LogP contribution in [0.1, 0.15) is 43.4 Å². The van der Waals surface area contributed by atoms with E-state index in [9.17, 15) is 9.59 Å². The number of amides is 2. The molecule has 2 amide bonds. The van der Waals surface area contributed by atoms with E-state index in [1.54, 1.807) is 18.4 Å². The van der Waals surface area contributed by atoms with E-state index in [2.05, 4.69) is 11.0 Å². The second-order valence-corrected chi connectivity index (χ2v) is 7.42. The van der Waals surface area contributed by atoms with E-state index in [-0.39, 0.29) is 11.8 Å². The molecular weight excluding hydrogens is 296 g/mol. The van der Waals surface area contributed by atoms with E-state index in [4.69, 9.17) is 0 Å². The fourth-order valence-corrected chi connectivity index (χ4v) is 4.67. The summed E-state index contributed by atoms with van der Waals surface area (Å²) in [7, 11) is 1.63. The molecule has 1 aromatic rings. The van der Waals surface area contributed by atoms with Crippen LogP contribution < -0.4 is 0 Å². The Morgan fingerprint density at radius 2 is 2.00 bits per heavy atom. The Labute approximate surface area is 136 Å². The Kier molecular flexibility index (Phi) is 4.64. The molecule has 2 saturated heterocycles. The lowest BCUT2D eigenvalue weighted by atomic mass is 9.74. The number of piperidine rings is 2. The predicted octanol–water partition coefficient (Wildman–Crippen LogP) is 2.64. The Hall–Kier alpha value is -1.20. The van der Waals surface area contributed by atoms with Crippen LogP contribution in [-0.2, 0) is 15.0 Å². The van der Waals surface area contributed by atoms with Gasteiger partial charge in [-0.3, -0.25) is 14.5 Å². The third kappa shape index (κ3) is 2.84. The first-order valence-corrected chi connectivity index (χ1v) is 9.09. The van der Waals surface area contributed by atoms with Crippen molar-refractivity contribution in [2.45, 2.75) is 43.9 Å². The number of carbonyl (C=O) groups excluding carboxylic acids is 2. The number of rotatable bonds is 4. The first-order chi connectivity index (χ1) is 10.6. The van der Waals surface area contributed by atoms with Gasteiger partial charge in [0.15, 0.2) is 0 Å². The lowest BCUT2D eigenvalue weighted by molar-refractivity contribution is -0.152. The number of imide groups is 1. The molecule has 0 saturated carbocycles. The van der Waals surface area contributed by atoms with Gasteiger partial charge < -0.3 is 4.90 Å². The van der Waals surface area contributed by atoms with Crippen molar-refractivity contribution in [1.29, 1.82) is 0 Å². The molecule has 0 unspecified atom stereocenters. The van der Waals surface area contributed by atoms with E-state index in [0.29, 0.717) is 12.8 Å². The fourth-order valence-electron chi connectivity index (χ4n) is 3.70. The molecule has 4 nitrogen and oxygen atoms in total. The zero-order valence-corrected chi connectivity index (χ0v) is 14.0. The molecule has 1 aromatic heterocycles. The molecule has 0 radical (unpaired) electrons. The number of carbonyl (C=O) groups is 2. The summed E-state index contributed by atoms with van der Waals surface area (Å²) in [5.74, 6) is -0.0571. The summed E-state index contributed by atoms with van der Waals surface area (Å²) in [5.41, 5.74) is -0.492. The van der Waals surface area contributed by atoms with E-state index in [0.717, 1.165) is 30.9 Å². The maximum Gasteiger partial charge on any atom is 0.240 e. The van der Waals surface area contributed by atoms with Crippen molar-refractivity contribution in [3.05, 3.63) is 22.4 Å². The van der Waals surface area contributed by atoms with E-state index in [1.165, 1.54) is 24.2 Å². The summed E-state index contributed by atoms with van der Waals surface area (Å²) in [6, 6.07) is 4.06. The smallest absolute Gasteiger partial charge is 0.240 e. The largest absolute Gasteiger partial charge is 0.303 e. The number of likely N-dealkylation sites (N-methyl/N-ethyl adjacent to an activating group) is 1. The van der Waals surface area contributed by atoms with Gasteiger partial charge in [-0.2, -0.15) is 0 Å². The van der Waals surface area contributed by atoms with Crippen LogP contribution in [0.5, 0.6) is 0 Å². The quantitative estimate of drug-likeness (QED) is 0.801. The summed E-state index contributed by atoms with van der Waals surface area (Å²) in [5, 5.41) is 2.03.